The van der Waals surface area contributed by atoms with Gasteiger partial charge in [-0.15, -0.1) is 0 Å². The molecule has 0 fully saturated rings. The smallest absolute Gasteiger partial charge is 0.254 e. The highest BCUT2D eigenvalue weighted by molar-refractivity contribution is 6.30. The SMILES string of the molecule is CCCOCc1nc(-c2ccc(Cl)cc2)cc(=O)n1CC(=O)NCC(C)(C)O. The Labute approximate surface area is 169 Å². The number of carbonyl (C=O) groups is 1. The van der Waals surface area contributed by atoms with Crippen LogP contribution < -0.4 is 10.9 Å². The maximum atomic E-state index is 12.7. The van der Waals surface area contributed by atoms with Crippen molar-refractivity contribution in [2.75, 3.05) is 13.2 Å². The van der Waals surface area contributed by atoms with E-state index in [1.54, 1.807) is 38.1 Å². The second-order valence-electron chi connectivity index (χ2n) is 7.13. The Hall–Kier alpha value is -2.22. The molecule has 0 aliphatic heterocycles. The molecular formula is C20H26ClN3O4. The topological polar surface area (TPSA) is 93.5 Å². The third-order valence-electron chi connectivity index (χ3n) is 3.83. The highest BCUT2D eigenvalue weighted by Crippen LogP contribution is 2.19. The molecule has 1 heterocycles. The molecule has 1 aromatic carbocycles. The molecule has 152 valence electrons. The minimum atomic E-state index is -1.04. The Morgan fingerprint density at radius 1 is 1.32 bits per heavy atom. The van der Waals surface area contributed by atoms with Crippen molar-refractivity contribution in [3.8, 4) is 11.3 Å². The summed E-state index contributed by atoms with van der Waals surface area (Å²) < 4.78 is 6.84. The maximum Gasteiger partial charge on any atom is 0.254 e. The van der Waals surface area contributed by atoms with E-state index in [2.05, 4.69) is 10.3 Å². The number of aliphatic hydroxyl groups is 1. The van der Waals surface area contributed by atoms with Gasteiger partial charge in [-0.05, 0) is 32.4 Å². The highest BCUT2D eigenvalue weighted by atomic mass is 35.5. The minimum Gasteiger partial charge on any atom is -0.389 e. The lowest BCUT2D eigenvalue weighted by Crippen LogP contribution is -2.41. The fraction of sp³-hybridized carbons (Fsp3) is 0.450. The molecule has 0 spiro atoms. The zero-order chi connectivity index (χ0) is 20.7. The number of amides is 1. The molecule has 0 saturated heterocycles. The third-order valence-corrected chi connectivity index (χ3v) is 4.08. The lowest BCUT2D eigenvalue weighted by molar-refractivity contribution is -0.122. The summed E-state index contributed by atoms with van der Waals surface area (Å²) >= 11 is 5.92. The lowest BCUT2D eigenvalue weighted by Gasteiger charge is -2.18. The molecule has 8 heteroatoms. The van der Waals surface area contributed by atoms with Gasteiger partial charge in [0.05, 0.1) is 11.3 Å². The zero-order valence-corrected chi connectivity index (χ0v) is 17.1. The lowest BCUT2D eigenvalue weighted by atomic mass is 10.1. The number of ether oxygens (including phenoxy) is 1. The average molecular weight is 408 g/mol. The maximum absolute atomic E-state index is 12.7. The van der Waals surface area contributed by atoms with E-state index < -0.39 is 5.60 Å². The zero-order valence-electron chi connectivity index (χ0n) is 16.4. The van der Waals surface area contributed by atoms with Crippen LogP contribution in [0, 0.1) is 0 Å². The predicted molar refractivity (Wildman–Crippen MR) is 108 cm³/mol. The van der Waals surface area contributed by atoms with Crippen LogP contribution in [0.15, 0.2) is 35.1 Å². The van der Waals surface area contributed by atoms with Crippen molar-refractivity contribution in [3.63, 3.8) is 0 Å². The van der Waals surface area contributed by atoms with Gasteiger partial charge < -0.3 is 15.2 Å². The number of aromatic nitrogens is 2. The summed E-state index contributed by atoms with van der Waals surface area (Å²) in [7, 11) is 0. The monoisotopic (exact) mass is 407 g/mol. The molecule has 0 aliphatic rings. The van der Waals surface area contributed by atoms with Crippen LogP contribution in [-0.2, 0) is 22.7 Å². The first-order valence-corrected chi connectivity index (χ1v) is 9.51. The van der Waals surface area contributed by atoms with Crippen molar-refractivity contribution in [1.82, 2.24) is 14.9 Å². The molecule has 0 radical (unpaired) electrons. The predicted octanol–water partition coefficient (Wildman–Crippen LogP) is 2.38. The molecule has 0 bridgehead atoms. The number of carbonyl (C=O) groups excluding carboxylic acids is 1. The number of hydrogen-bond acceptors (Lipinski definition) is 5. The fourth-order valence-corrected chi connectivity index (χ4v) is 2.55. The van der Waals surface area contributed by atoms with Crippen LogP contribution in [0.1, 0.15) is 33.0 Å². The van der Waals surface area contributed by atoms with E-state index in [1.807, 2.05) is 6.92 Å². The molecular weight excluding hydrogens is 382 g/mol. The van der Waals surface area contributed by atoms with Crippen LogP contribution >= 0.6 is 11.6 Å². The van der Waals surface area contributed by atoms with Gasteiger partial charge in [0.15, 0.2) is 0 Å². The molecule has 28 heavy (non-hydrogen) atoms. The summed E-state index contributed by atoms with van der Waals surface area (Å²) in [4.78, 5) is 29.4. The normalized spacial score (nSPS) is 11.5. The van der Waals surface area contributed by atoms with Crippen LogP contribution in [0.25, 0.3) is 11.3 Å². The molecule has 2 rings (SSSR count). The Balaban J connectivity index is 2.30. The number of nitrogens with one attached hydrogen (secondary N) is 1. The van der Waals surface area contributed by atoms with Crippen molar-refractivity contribution in [2.45, 2.75) is 45.9 Å². The van der Waals surface area contributed by atoms with Gasteiger partial charge in [0, 0.05) is 29.8 Å². The Morgan fingerprint density at radius 3 is 2.61 bits per heavy atom. The average Bonchev–Trinajstić information content (AvgIpc) is 2.62. The van der Waals surface area contributed by atoms with E-state index in [4.69, 9.17) is 16.3 Å². The summed E-state index contributed by atoms with van der Waals surface area (Å²) in [6.07, 6.45) is 0.827. The summed E-state index contributed by atoms with van der Waals surface area (Å²) in [6, 6.07) is 8.39. The van der Waals surface area contributed by atoms with Gasteiger partial charge in [-0.1, -0.05) is 30.7 Å². The molecule has 2 N–H and O–H groups in total. The molecule has 1 amide bonds. The van der Waals surface area contributed by atoms with Crippen LogP contribution in [-0.4, -0.2) is 39.3 Å². The van der Waals surface area contributed by atoms with Gasteiger partial charge in [-0.2, -0.15) is 0 Å². The second kappa shape index (κ2) is 9.82. The summed E-state index contributed by atoms with van der Waals surface area (Å²) in [5.74, 6) is -0.0219. The van der Waals surface area contributed by atoms with Gasteiger partial charge in [-0.3, -0.25) is 14.2 Å². The van der Waals surface area contributed by atoms with E-state index in [-0.39, 0.29) is 31.2 Å². The van der Waals surface area contributed by atoms with E-state index in [0.29, 0.717) is 23.1 Å². The molecule has 0 saturated carbocycles. The van der Waals surface area contributed by atoms with Gasteiger partial charge >= 0.3 is 0 Å². The van der Waals surface area contributed by atoms with E-state index in [0.717, 1.165) is 12.0 Å². The number of halogens is 1. The fourth-order valence-electron chi connectivity index (χ4n) is 2.42. The molecule has 0 unspecified atom stereocenters. The minimum absolute atomic E-state index is 0.0819. The molecule has 0 atom stereocenters. The van der Waals surface area contributed by atoms with Crippen molar-refractivity contribution < 1.29 is 14.6 Å². The van der Waals surface area contributed by atoms with Crippen LogP contribution in [0.3, 0.4) is 0 Å². The van der Waals surface area contributed by atoms with Crippen LogP contribution in [0.5, 0.6) is 0 Å². The Bertz CT molecular complexity index is 857. The third kappa shape index (κ3) is 6.74. The molecule has 1 aromatic heterocycles. The van der Waals surface area contributed by atoms with Crippen molar-refractivity contribution in [2.24, 2.45) is 0 Å². The van der Waals surface area contributed by atoms with Gasteiger partial charge in [0.1, 0.15) is 19.0 Å². The Morgan fingerprint density at radius 2 is 2.00 bits per heavy atom. The number of hydrogen-bond donors (Lipinski definition) is 2. The Kier molecular flexibility index (Phi) is 7.74. The van der Waals surface area contributed by atoms with E-state index >= 15 is 0 Å². The van der Waals surface area contributed by atoms with E-state index in [9.17, 15) is 14.7 Å². The molecule has 0 aliphatic carbocycles. The summed E-state index contributed by atoms with van der Waals surface area (Å²) in [5.41, 5.74) is -0.153. The van der Waals surface area contributed by atoms with E-state index in [1.165, 1.54) is 10.6 Å². The summed E-state index contributed by atoms with van der Waals surface area (Å²) in [5, 5.41) is 12.9. The molecule has 7 nitrogen and oxygen atoms in total. The number of rotatable bonds is 9. The van der Waals surface area contributed by atoms with Gasteiger partial charge in [-0.25, -0.2) is 4.98 Å². The van der Waals surface area contributed by atoms with Gasteiger partial charge in [0.2, 0.25) is 5.91 Å². The summed E-state index contributed by atoms with van der Waals surface area (Å²) in [6.45, 7) is 5.67. The number of nitrogens with zero attached hydrogens (tertiary/aromatic N) is 2. The highest BCUT2D eigenvalue weighted by Gasteiger charge is 2.17. The first kappa shape index (κ1) is 22.1. The largest absolute Gasteiger partial charge is 0.389 e. The quantitative estimate of drug-likeness (QED) is 0.622. The molecule has 2 aromatic rings. The first-order chi connectivity index (χ1) is 13.2. The number of benzene rings is 1. The second-order valence-corrected chi connectivity index (χ2v) is 7.57. The standard InChI is InChI=1S/C20H26ClN3O4/c1-4-9-28-12-17-23-16(14-5-7-15(21)8-6-14)10-19(26)24(17)11-18(25)22-13-20(2,3)27/h5-8,10,27H,4,9,11-13H2,1-3H3,(H,22,25). The van der Waals surface area contributed by atoms with Crippen molar-refractivity contribution in [3.05, 3.63) is 51.5 Å². The van der Waals surface area contributed by atoms with Crippen molar-refractivity contribution in [1.29, 1.82) is 0 Å². The van der Waals surface area contributed by atoms with Crippen molar-refractivity contribution >= 4 is 17.5 Å². The van der Waals surface area contributed by atoms with Crippen LogP contribution in [0.2, 0.25) is 5.02 Å². The van der Waals surface area contributed by atoms with Gasteiger partial charge in [0.25, 0.3) is 5.56 Å². The first-order valence-electron chi connectivity index (χ1n) is 9.13. The van der Waals surface area contributed by atoms with Crippen LogP contribution in [0.4, 0.5) is 0 Å².